The van der Waals surface area contributed by atoms with Gasteiger partial charge in [-0.3, -0.25) is 4.68 Å². The van der Waals surface area contributed by atoms with Gasteiger partial charge in [-0.15, -0.1) is 0 Å². The van der Waals surface area contributed by atoms with Gasteiger partial charge < -0.3 is 5.73 Å². The normalized spacial score (nSPS) is 10.9. The maximum atomic E-state index is 6.07. The smallest absolute Gasteiger partial charge is 0.129 e. The van der Waals surface area contributed by atoms with Crippen LogP contribution < -0.4 is 5.73 Å². The maximum absolute atomic E-state index is 6.07. The Balaban J connectivity index is 2.79. The summed E-state index contributed by atoms with van der Waals surface area (Å²) >= 11 is 0. The van der Waals surface area contributed by atoms with Gasteiger partial charge in [0.25, 0.3) is 0 Å². The van der Waals surface area contributed by atoms with Gasteiger partial charge in [-0.05, 0) is 55.5 Å². The van der Waals surface area contributed by atoms with Gasteiger partial charge in [-0.1, -0.05) is 6.07 Å². The zero-order chi connectivity index (χ0) is 12.7. The molecule has 0 atom stereocenters. The molecule has 3 heteroatoms. The number of aryl methyl sites for hydroxylation is 3. The number of benzene rings is 1. The summed E-state index contributed by atoms with van der Waals surface area (Å²) < 4.78 is 1.71. The zero-order valence-corrected chi connectivity index (χ0v) is 11.1. The summed E-state index contributed by atoms with van der Waals surface area (Å²) in [6.07, 6.45) is 1.85. The molecule has 1 aromatic carbocycles. The molecule has 2 N–H and O–H groups in total. The second-order valence-electron chi connectivity index (χ2n) is 4.70. The predicted octanol–water partition coefficient (Wildman–Crippen LogP) is 2.90. The van der Waals surface area contributed by atoms with Crippen molar-refractivity contribution in [2.45, 2.75) is 27.7 Å². The van der Waals surface area contributed by atoms with E-state index in [1.54, 1.807) is 4.68 Å². The fraction of sp³-hybridized carbons (Fsp3) is 0.357. The molecule has 0 bridgehead atoms. The molecular weight excluding hydrogens is 210 g/mol. The number of hydrogen-bond donors (Lipinski definition) is 1. The molecule has 1 heterocycles. The number of nitrogens with two attached hydrogens (primary N) is 1. The first-order valence-corrected chi connectivity index (χ1v) is 5.78. The Hall–Kier alpha value is -1.77. The number of anilines is 1. The van der Waals surface area contributed by atoms with Crippen molar-refractivity contribution in [1.82, 2.24) is 9.78 Å². The Morgan fingerprint density at radius 3 is 2.00 bits per heavy atom. The van der Waals surface area contributed by atoms with Gasteiger partial charge in [0.05, 0.1) is 6.20 Å². The summed E-state index contributed by atoms with van der Waals surface area (Å²) in [5, 5.41) is 4.23. The Morgan fingerprint density at radius 2 is 1.59 bits per heavy atom. The fourth-order valence-corrected chi connectivity index (χ4v) is 2.26. The lowest BCUT2D eigenvalue weighted by molar-refractivity contribution is 0.779. The van der Waals surface area contributed by atoms with Gasteiger partial charge in [0.15, 0.2) is 0 Å². The molecule has 0 aliphatic heterocycles. The van der Waals surface area contributed by atoms with Gasteiger partial charge >= 0.3 is 0 Å². The quantitative estimate of drug-likeness (QED) is 0.817. The topological polar surface area (TPSA) is 43.8 Å². The molecule has 0 fully saturated rings. The van der Waals surface area contributed by atoms with Crippen LogP contribution in [0.5, 0.6) is 0 Å². The average molecular weight is 229 g/mol. The van der Waals surface area contributed by atoms with Gasteiger partial charge in [0, 0.05) is 12.6 Å². The molecule has 0 spiro atoms. The molecule has 0 amide bonds. The van der Waals surface area contributed by atoms with E-state index in [0.29, 0.717) is 0 Å². The van der Waals surface area contributed by atoms with Crippen molar-refractivity contribution in [3.63, 3.8) is 0 Å². The molecule has 0 aliphatic carbocycles. The van der Waals surface area contributed by atoms with Crippen molar-refractivity contribution in [3.05, 3.63) is 34.5 Å². The van der Waals surface area contributed by atoms with Crippen LogP contribution in [0.4, 0.5) is 5.82 Å². The number of nitrogen functional groups attached to an aromatic ring is 1. The van der Waals surface area contributed by atoms with Crippen LogP contribution in [0.3, 0.4) is 0 Å². The number of hydrogen-bond acceptors (Lipinski definition) is 2. The van der Waals surface area contributed by atoms with Crippen LogP contribution in [0.25, 0.3) is 11.1 Å². The molecule has 3 nitrogen and oxygen atoms in total. The van der Waals surface area contributed by atoms with E-state index in [2.05, 4.69) is 38.9 Å². The first-order chi connectivity index (χ1) is 7.93. The molecule has 0 radical (unpaired) electrons. The average Bonchev–Trinajstić information content (AvgIpc) is 2.59. The summed E-state index contributed by atoms with van der Waals surface area (Å²) in [5.74, 6) is 0.723. The molecular formula is C14H19N3. The van der Waals surface area contributed by atoms with Crippen molar-refractivity contribution in [1.29, 1.82) is 0 Å². The molecule has 90 valence electrons. The van der Waals surface area contributed by atoms with Crippen molar-refractivity contribution in [3.8, 4) is 11.1 Å². The van der Waals surface area contributed by atoms with Gasteiger partial charge in [-0.2, -0.15) is 5.10 Å². The minimum absolute atomic E-state index is 0.723. The highest BCUT2D eigenvalue weighted by atomic mass is 15.3. The molecule has 0 aliphatic rings. The fourth-order valence-electron chi connectivity index (χ4n) is 2.26. The molecule has 2 rings (SSSR count). The first kappa shape index (κ1) is 11.7. The molecule has 2 aromatic rings. The lowest BCUT2D eigenvalue weighted by atomic mass is 9.91. The lowest BCUT2D eigenvalue weighted by Crippen LogP contribution is -2.00. The van der Waals surface area contributed by atoms with Crippen LogP contribution >= 0.6 is 0 Å². The van der Waals surface area contributed by atoms with Gasteiger partial charge in [0.2, 0.25) is 0 Å². The summed E-state index contributed by atoms with van der Waals surface area (Å²) in [6, 6.07) is 2.22. The Labute approximate surface area is 102 Å². The largest absolute Gasteiger partial charge is 0.383 e. The summed E-state index contributed by atoms with van der Waals surface area (Å²) in [4.78, 5) is 0. The van der Waals surface area contributed by atoms with Crippen LogP contribution in [-0.2, 0) is 7.05 Å². The Morgan fingerprint density at radius 1 is 1.06 bits per heavy atom. The number of aromatic nitrogens is 2. The van der Waals surface area contributed by atoms with Crippen molar-refractivity contribution in [2.24, 2.45) is 7.05 Å². The second-order valence-corrected chi connectivity index (χ2v) is 4.70. The summed E-state index contributed by atoms with van der Waals surface area (Å²) in [7, 11) is 1.87. The van der Waals surface area contributed by atoms with E-state index >= 15 is 0 Å². The number of nitrogens with zero attached hydrogens (tertiary/aromatic N) is 2. The SMILES string of the molecule is Cc1cc(C)c(C)c(-c2cnn(C)c2N)c1C. The highest BCUT2D eigenvalue weighted by molar-refractivity contribution is 5.80. The van der Waals surface area contributed by atoms with Crippen LogP contribution in [0.15, 0.2) is 12.3 Å². The van der Waals surface area contributed by atoms with Crippen LogP contribution in [0.1, 0.15) is 22.3 Å². The minimum Gasteiger partial charge on any atom is -0.383 e. The van der Waals surface area contributed by atoms with Crippen molar-refractivity contribution < 1.29 is 0 Å². The molecule has 17 heavy (non-hydrogen) atoms. The van der Waals surface area contributed by atoms with Crippen LogP contribution in [0, 0.1) is 27.7 Å². The molecule has 0 saturated carbocycles. The zero-order valence-electron chi connectivity index (χ0n) is 11.1. The van der Waals surface area contributed by atoms with Crippen LogP contribution in [0.2, 0.25) is 0 Å². The van der Waals surface area contributed by atoms with Gasteiger partial charge in [0.1, 0.15) is 5.82 Å². The highest BCUT2D eigenvalue weighted by Crippen LogP contribution is 2.34. The van der Waals surface area contributed by atoms with E-state index in [1.807, 2.05) is 13.2 Å². The molecule has 0 unspecified atom stereocenters. The van der Waals surface area contributed by atoms with Crippen molar-refractivity contribution in [2.75, 3.05) is 5.73 Å². The lowest BCUT2D eigenvalue weighted by Gasteiger charge is -2.14. The van der Waals surface area contributed by atoms with Crippen molar-refractivity contribution >= 4 is 5.82 Å². The Bertz CT molecular complexity index is 553. The molecule has 0 saturated heterocycles. The Kier molecular flexibility index (Phi) is 2.69. The van der Waals surface area contributed by atoms with E-state index in [-0.39, 0.29) is 0 Å². The predicted molar refractivity (Wildman–Crippen MR) is 72.0 cm³/mol. The highest BCUT2D eigenvalue weighted by Gasteiger charge is 2.15. The third-order valence-electron chi connectivity index (χ3n) is 3.62. The first-order valence-electron chi connectivity index (χ1n) is 5.78. The third kappa shape index (κ3) is 1.71. The third-order valence-corrected chi connectivity index (χ3v) is 3.62. The minimum atomic E-state index is 0.723. The maximum Gasteiger partial charge on any atom is 0.129 e. The van der Waals surface area contributed by atoms with E-state index in [4.69, 9.17) is 5.73 Å². The van der Waals surface area contributed by atoms with E-state index < -0.39 is 0 Å². The molecule has 1 aromatic heterocycles. The summed E-state index contributed by atoms with van der Waals surface area (Å²) in [6.45, 7) is 8.56. The monoisotopic (exact) mass is 229 g/mol. The van der Waals surface area contributed by atoms with E-state index in [9.17, 15) is 0 Å². The second kappa shape index (κ2) is 3.91. The van der Waals surface area contributed by atoms with E-state index in [0.717, 1.165) is 11.4 Å². The number of rotatable bonds is 1. The van der Waals surface area contributed by atoms with Crippen LogP contribution in [-0.4, -0.2) is 9.78 Å². The van der Waals surface area contributed by atoms with E-state index in [1.165, 1.54) is 27.8 Å². The summed E-state index contributed by atoms with van der Waals surface area (Å²) in [5.41, 5.74) is 13.5. The van der Waals surface area contributed by atoms with Gasteiger partial charge in [-0.25, -0.2) is 0 Å². The standard InChI is InChI=1S/C14H19N3/c1-8-6-9(2)11(4)13(10(8)3)12-7-16-17(5)14(12)15/h6-7H,15H2,1-5H3.